The Morgan fingerprint density at radius 2 is 2.08 bits per heavy atom. The molecule has 2 aromatic rings. The van der Waals surface area contributed by atoms with Crippen LogP contribution in [0.1, 0.15) is 38.8 Å². The topological polar surface area (TPSA) is 85.8 Å². The SMILES string of the molecule is CC(C)(NC(=O)[C@@H]1CCC[C@@H]1CN)c1cn(-c2ccccc2)nn1. The Bertz CT molecular complexity index is 694. The highest BCUT2D eigenvalue weighted by Crippen LogP contribution is 2.32. The van der Waals surface area contributed by atoms with Crippen LogP contribution in [0.4, 0.5) is 0 Å². The van der Waals surface area contributed by atoms with Gasteiger partial charge in [0.25, 0.3) is 0 Å². The van der Waals surface area contributed by atoms with Crippen LogP contribution in [0.5, 0.6) is 0 Å². The highest BCUT2D eigenvalue weighted by Gasteiger charge is 2.35. The van der Waals surface area contributed by atoms with Gasteiger partial charge in [0.1, 0.15) is 5.69 Å². The average molecular weight is 327 g/mol. The maximum atomic E-state index is 12.7. The lowest BCUT2D eigenvalue weighted by Crippen LogP contribution is -2.45. The molecule has 1 aliphatic carbocycles. The molecule has 0 bridgehead atoms. The van der Waals surface area contributed by atoms with Crippen molar-refractivity contribution in [1.29, 1.82) is 0 Å². The lowest BCUT2D eigenvalue weighted by Gasteiger charge is -2.27. The Labute approximate surface area is 142 Å². The fourth-order valence-electron chi connectivity index (χ4n) is 3.39. The summed E-state index contributed by atoms with van der Waals surface area (Å²) >= 11 is 0. The number of hydrogen-bond donors (Lipinski definition) is 2. The average Bonchev–Trinajstić information content (AvgIpc) is 3.24. The summed E-state index contributed by atoms with van der Waals surface area (Å²) in [5.74, 6) is 0.376. The molecule has 0 radical (unpaired) electrons. The van der Waals surface area contributed by atoms with E-state index in [0.717, 1.165) is 30.6 Å². The van der Waals surface area contributed by atoms with E-state index in [9.17, 15) is 4.79 Å². The molecule has 3 rings (SSSR count). The molecule has 128 valence electrons. The van der Waals surface area contributed by atoms with Gasteiger partial charge in [-0.05, 0) is 51.3 Å². The molecule has 1 aromatic carbocycles. The van der Waals surface area contributed by atoms with E-state index < -0.39 is 5.54 Å². The summed E-state index contributed by atoms with van der Waals surface area (Å²) in [6.45, 7) is 4.48. The molecule has 1 amide bonds. The Morgan fingerprint density at radius 3 is 2.79 bits per heavy atom. The number of aromatic nitrogens is 3. The Balaban J connectivity index is 1.74. The molecule has 6 heteroatoms. The van der Waals surface area contributed by atoms with Crippen molar-refractivity contribution < 1.29 is 4.79 Å². The number of benzene rings is 1. The fraction of sp³-hybridized carbons (Fsp3) is 0.500. The van der Waals surface area contributed by atoms with Crippen molar-refractivity contribution >= 4 is 5.91 Å². The van der Waals surface area contributed by atoms with Crippen LogP contribution in [0.15, 0.2) is 36.5 Å². The zero-order chi connectivity index (χ0) is 17.2. The van der Waals surface area contributed by atoms with Crippen LogP contribution in [0.2, 0.25) is 0 Å². The molecule has 1 fully saturated rings. The summed E-state index contributed by atoms with van der Waals surface area (Å²) in [4.78, 5) is 12.7. The van der Waals surface area contributed by atoms with Crippen molar-refractivity contribution in [1.82, 2.24) is 20.3 Å². The van der Waals surface area contributed by atoms with E-state index in [1.54, 1.807) is 4.68 Å². The van der Waals surface area contributed by atoms with E-state index in [0.29, 0.717) is 12.5 Å². The third-order valence-electron chi connectivity index (χ3n) is 4.89. The van der Waals surface area contributed by atoms with Crippen molar-refractivity contribution in [2.24, 2.45) is 17.6 Å². The van der Waals surface area contributed by atoms with Crippen molar-refractivity contribution in [3.63, 3.8) is 0 Å². The first kappa shape index (κ1) is 16.6. The normalized spacial score (nSPS) is 21.0. The molecule has 0 saturated heterocycles. The molecule has 1 aromatic heterocycles. The number of nitrogens with zero attached hydrogens (tertiary/aromatic N) is 3. The number of carbonyl (C=O) groups excluding carboxylic acids is 1. The quantitative estimate of drug-likeness (QED) is 0.879. The number of carbonyl (C=O) groups is 1. The minimum Gasteiger partial charge on any atom is -0.345 e. The number of hydrogen-bond acceptors (Lipinski definition) is 4. The zero-order valence-corrected chi connectivity index (χ0v) is 14.3. The number of rotatable bonds is 5. The molecule has 1 aliphatic rings. The lowest BCUT2D eigenvalue weighted by atomic mass is 9.93. The summed E-state index contributed by atoms with van der Waals surface area (Å²) in [6.07, 6.45) is 4.90. The molecule has 1 heterocycles. The monoisotopic (exact) mass is 327 g/mol. The Hall–Kier alpha value is -2.21. The van der Waals surface area contributed by atoms with E-state index in [1.165, 1.54) is 0 Å². The number of nitrogens with two attached hydrogens (primary N) is 1. The maximum absolute atomic E-state index is 12.7. The van der Waals surface area contributed by atoms with E-state index >= 15 is 0 Å². The largest absolute Gasteiger partial charge is 0.345 e. The van der Waals surface area contributed by atoms with E-state index in [2.05, 4.69) is 15.6 Å². The Kier molecular flexibility index (Phi) is 4.66. The summed E-state index contributed by atoms with van der Waals surface area (Å²) in [7, 11) is 0. The van der Waals surface area contributed by atoms with Gasteiger partial charge in [0, 0.05) is 5.92 Å². The second-order valence-electron chi connectivity index (χ2n) is 7.03. The molecule has 1 saturated carbocycles. The van der Waals surface area contributed by atoms with E-state index in [4.69, 9.17) is 5.73 Å². The minimum atomic E-state index is -0.578. The highest BCUT2D eigenvalue weighted by atomic mass is 16.2. The van der Waals surface area contributed by atoms with Crippen LogP contribution in [0.3, 0.4) is 0 Å². The molecule has 0 spiro atoms. The summed E-state index contributed by atoms with van der Waals surface area (Å²) in [5, 5.41) is 11.6. The predicted octanol–water partition coefficient (Wildman–Crippen LogP) is 1.99. The van der Waals surface area contributed by atoms with Crippen molar-refractivity contribution in [2.45, 2.75) is 38.6 Å². The van der Waals surface area contributed by atoms with Gasteiger partial charge in [0.15, 0.2) is 0 Å². The second kappa shape index (κ2) is 6.73. The van der Waals surface area contributed by atoms with E-state index in [1.807, 2.05) is 50.4 Å². The summed E-state index contributed by atoms with van der Waals surface area (Å²) in [5.41, 5.74) is 6.90. The standard InChI is InChI=1S/C18H25N5O/c1-18(2,20-17(24)15-10-6-7-13(15)11-19)16-12-23(22-21-16)14-8-4-3-5-9-14/h3-5,8-9,12-13,15H,6-7,10-11,19H2,1-2H3,(H,20,24)/t13-,15-/m1/s1. The van der Waals surface area contributed by atoms with Crippen LogP contribution in [0, 0.1) is 11.8 Å². The number of nitrogens with one attached hydrogen (secondary N) is 1. The number of para-hydroxylation sites is 1. The van der Waals surface area contributed by atoms with Gasteiger partial charge in [-0.3, -0.25) is 4.79 Å². The molecule has 0 aliphatic heterocycles. The number of amides is 1. The minimum absolute atomic E-state index is 0.0124. The first-order chi connectivity index (χ1) is 11.5. The van der Waals surface area contributed by atoms with Gasteiger partial charge in [-0.25, -0.2) is 4.68 Å². The van der Waals surface area contributed by atoms with Gasteiger partial charge in [-0.15, -0.1) is 5.10 Å². The van der Waals surface area contributed by atoms with Gasteiger partial charge < -0.3 is 11.1 Å². The molecular formula is C18H25N5O. The van der Waals surface area contributed by atoms with Gasteiger partial charge in [0.05, 0.1) is 17.4 Å². The Morgan fingerprint density at radius 1 is 1.33 bits per heavy atom. The lowest BCUT2D eigenvalue weighted by molar-refractivity contribution is -0.127. The van der Waals surface area contributed by atoms with Crippen LogP contribution >= 0.6 is 0 Å². The first-order valence-corrected chi connectivity index (χ1v) is 8.51. The van der Waals surface area contributed by atoms with Crippen molar-refractivity contribution in [3.05, 3.63) is 42.2 Å². The third kappa shape index (κ3) is 3.33. The predicted molar refractivity (Wildman–Crippen MR) is 92.4 cm³/mol. The van der Waals surface area contributed by atoms with E-state index in [-0.39, 0.29) is 11.8 Å². The molecule has 3 N–H and O–H groups in total. The third-order valence-corrected chi connectivity index (χ3v) is 4.89. The molecule has 24 heavy (non-hydrogen) atoms. The van der Waals surface area contributed by atoms with Crippen molar-refractivity contribution in [2.75, 3.05) is 6.54 Å². The molecular weight excluding hydrogens is 302 g/mol. The van der Waals surface area contributed by atoms with Gasteiger partial charge >= 0.3 is 0 Å². The van der Waals surface area contributed by atoms with Crippen LogP contribution in [0.25, 0.3) is 5.69 Å². The molecule has 2 atom stereocenters. The van der Waals surface area contributed by atoms with Gasteiger partial charge in [-0.1, -0.05) is 29.8 Å². The highest BCUT2D eigenvalue weighted by molar-refractivity contribution is 5.80. The van der Waals surface area contributed by atoms with Gasteiger partial charge in [0.2, 0.25) is 5.91 Å². The van der Waals surface area contributed by atoms with Crippen LogP contribution in [-0.4, -0.2) is 27.4 Å². The molecule has 6 nitrogen and oxygen atoms in total. The van der Waals surface area contributed by atoms with Crippen molar-refractivity contribution in [3.8, 4) is 5.69 Å². The maximum Gasteiger partial charge on any atom is 0.224 e. The van der Waals surface area contributed by atoms with Gasteiger partial charge in [-0.2, -0.15) is 0 Å². The first-order valence-electron chi connectivity index (χ1n) is 8.51. The summed E-state index contributed by atoms with van der Waals surface area (Å²) < 4.78 is 1.72. The van der Waals surface area contributed by atoms with Crippen LogP contribution < -0.4 is 11.1 Å². The van der Waals surface area contributed by atoms with Crippen LogP contribution in [-0.2, 0) is 10.3 Å². The zero-order valence-electron chi connectivity index (χ0n) is 14.3. The summed E-state index contributed by atoms with van der Waals surface area (Å²) in [6, 6.07) is 9.80. The second-order valence-corrected chi connectivity index (χ2v) is 7.03. The smallest absolute Gasteiger partial charge is 0.224 e. The fourth-order valence-corrected chi connectivity index (χ4v) is 3.39. The molecule has 0 unspecified atom stereocenters.